The number of benzene rings is 7. The summed E-state index contributed by atoms with van der Waals surface area (Å²) in [6.45, 7) is 0. The van der Waals surface area contributed by atoms with Crippen LogP contribution in [0, 0.1) is 11.3 Å². The normalized spacial score (nSPS) is 11.5. The fourth-order valence-electron chi connectivity index (χ4n) is 6.74. The first kappa shape index (κ1) is 26.1. The van der Waals surface area contributed by atoms with E-state index in [1.54, 1.807) is 0 Å². The van der Waals surface area contributed by atoms with Crippen LogP contribution in [0.5, 0.6) is 0 Å². The van der Waals surface area contributed by atoms with Crippen molar-refractivity contribution in [3.63, 3.8) is 0 Å². The molecule has 0 bridgehead atoms. The van der Waals surface area contributed by atoms with E-state index in [4.69, 9.17) is 8.83 Å². The highest BCUT2D eigenvalue weighted by Gasteiger charge is 2.16. The van der Waals surface area contributed by atoms with Crippen LogP contribution < -0.4 is 0 Å². The first-order valence-corrected chi connectivity index (χ1v) is 15.3. The summed E-state index contributed by atoms with van der Waals surface area (Å²) in [7, 11) is 0. The fraction of sp³-hybridized carbons (Fsp3) is 0. The molecule has 7 aromatic carbocycles. The van der Waals surface area contributed by atoms with Gasteiger partial charge in [0, 0.05) is 21.5 Å². The van der Waals surface area contributed by atoms with Gasteiger partial charge >= 0.3 is 0 Å². The summed E-state index contributed by atoms with van der Waals surface area (Å²) in [6, 6.07) is 54.5. The highest BCUT2D eigenvalue weighted by Crippen LogP contribution is 2.41. The number of fused-ring (bicyclic) bond motifs is 6. The van der Waals surface area contributed by atoms with Crippen molar-refractivity contribution in [1.29, 1.82) is 5.26 Å². The molecule has 0 fully saturated rings. The minimum Gasteiger partial charge on any atom is -0.456 e. The lowest BCUT2D eigenvalue weighted by molar-refractivity contribution is 0.668. The number of nitriles is 1. The van der Waals surface area contributed by atoms with E-state index in [1.165, 1.54) is 0 Å². The van der Waals surface area contributed by atoms with Crippen LogP contribution in [0.3, 0.4) is 0 Å². The maximum Gasteiger partial charge on any atom is 0.136 e. The summed E-state index contributed by atoms with van der Waals surface area (Å²) < 4.78 is 12.6. The average Bonchev–Trinajstić information content (AvgIpc) is 3.69. The van der Waals surface area contributed by atoms with Gasteiger partial charge in [0.05, 0.1) is 11.6 Å². The SMILES string of the molecule is N#Cc1ccccc1-c1cccc(-c2cc(-c3ccc4c(c3)oc3ccccc34)cc(-c3cccc4oc5ccccc5c34)c2)c1. The highest BCUT2D eigenvalue weighted by atomic mass is 16.3. The van der Waals surface area contributed by atoms with Crippen LogP contribution in [0.25, 0.3) is 88.4 Å². The number of para-hydroxylation sites is 2. The lowest BCUT2D eigenvalue weighted by atomic mass is 9.90. The zero-order valence-electron chi connectivity index (χ0n) is 24.7. The van der Waals surface area contributed by atoms with Crippen molar-refractivity contribution in [3.05, 3.63) is 157 Å². The second kappa shape index (κ2) is 10.4. The number of furan rings is 2. The summed E-state index contributed by atoms with van der Waals surface area (Å²) in [5, 5.41) is 14.2. The third-order valence-electron chi connectivity index (χ3n) is 8.91. The van der Waals surface area contributed by atoms with Gasteiger partial charge in [-0.25, -0.2) is 0 Å². The Morgan fingerprint density at radius 3 is 1.78 bits per heavy atom. The average molecular weight is 588 g/mol. The molecule has 0 spiro atoms. The molecule has 3 heteroatoms. The molecule has 0 radical (unpaired) electrons. The van der Waals surface area contributed by atoms with Crippen LogP contribution in [0.1, 0.15) is 5.56 Å². The Morgan fingerprint density at radius 1 is 0.370 bits per heavy atom. The fourth-order valence-corrected chi connectivity index (χ4v) is 6.74. The van der Waals surface area contributed by atoms with Gasteiger partial charge in [-0.3, -0.25) is 0 Å². The third kappa shape index (κ3) is 4.20. The number of rotatable bonds is 4. The minimum atomic E-state index is 0.659. The number of hydrogen-bond donors (Lipinski definition) is 0. The summed E-state index contributed by atoms with van der Waals surface area (Å²) in [5.74, 6) is 0. The molecule has 9 rings (SSSR count). The topological polar surface area (TPSA) is 50.1 Å². The first-order valence-electron chi connectivity index (χ1n) is 15.3. The Bertz CT molecular complexity index is 2670. The van der Waals surface area contributed by atoms with Crippen molar-refractivity contribution >= 4 is 43.9 Å². The van der Waals surface area contributed by atoms with E-state index in [9.17, 15) is 5.26 Å². The zero-order valence-corrected chi connectivity index (χ0v) is 24.7. The second-order valence-corrected chi connectivity index (χ2v) is 11.6. The predicted octanol–water partition coefficient (Wildman–Crippen LogP) is 12.0. The third-order valence-corrected chi connectivity index (χ3v) is 8.91. The van der Waals surface area contributed by atoms with Crippen molar-refractivity contribution in [2.24, 2.45) is 0 Å². The summed E-state index contributed by atoms with van der Waals surface area (Å²) in [6.07, 6.45) is 0. The molecule has 46 heavy (non-hydrogen) atoms. The lowest BCUT2D eigenvalue weighted by Crippen LogP contribution is -1.89. The van der Waals surface area contributed by atoms with E-state index in [2.05, 4.69) is 97.1 Å². The zero-order chi connectivity index (χ0) is 30.6. The quantitative estimate of drug-likeness (QED) is 0.206. The van der Waals surface area contributed by atoms with Crippen LogP contribution in [0.2, 0.25) is 0 Å². The van der Waals surface area contributed by atoms with Gasteiger partial charge in [-0.2, -0.15) is 5.26 Å². The Hall–Kier alpha value is -6.37. The van der Waals surface area contributed by atoms with Gasteiger partial charge in [-0.1, -0.05) is 91.0 Å². The molecule has 2 aromatic heterocycles. The van der Waals surface area contributed by atoms with Crippen molar-refractivity contribution in [2.75, 3.05) is 0 Å². The van der Waals surface area contributed by atoms with Gasteiger partial charge in [0.15, 0.2) is 0 Å². The van der Waals surface area contributed by atoms with Crippen LogP contribution in [0.15, 0.2) is 160 Å². The highest BCUT2D eigenvalue weighted by molar-refractivity contribution is 6.13. The molecule has 214 valence electrons. The van der Waals surface area contributed by atoms with Gasteiger partial charge in [0.1, 0.15) is 22.3 Å². The first-order chi connectivity index (χ1) is 22.7. The maximum atomic E-state index is 9.79. The summed E-state index contributed by atoms with van der Waals surface area (Å²) in [5.41, 5.74) is 12.6. The Morgan fingerprint density at radius 2 is 0.935 bits per heavy atom. The minimum absolute atomic E-state index is 0.659. The van der Waals surface area contributed by atoms with Crippen molar-refractivity contribution in [2.45, 2.75) is 0 Å². The maximum absolute atomic E-state index is 9.79. The number of nitrogens with zero attached hydrogens (tertiary/aromatic N) is 1. The standard InChI is InChI=1S/C43H25NO2/c44-26-30-9-1-2-12-34(30)29-11-7-10-27(21-29)31-22-32(28-19-20-37-36-13-3-5-16-39(36)46-42(37)25-28)24-33(23-31)35-15-8-18-41-43(35)38-14-4-6-17-40(38)45-41/h1-25H. The molecular formula is C43H25NO2. The summed E-state index contributed by atoms with van der Waals surface area (Å²) in [4.78, 5) is 0. The molecule has 0 atom stereocenters. The molecule has 0 aliphatic heterocycles. The van der Waals surface area contributed by atoms with Gasteiger partial charge < -0.3 is 8.83 Å². The molecule has 0 N–H and O–H groups in total. The van der Waals surface area contributed by atoms with Crippen LogP contribution in [0.4, 0.5) is 0 Å². The molecule has 0 amide bonds. The van der Waals surface area contributed by atoms with Gasteiger partial charge in [-0.15, -0.1) is 0 Å². The van der Waals surface area contributed by atoms with Crippen LogP contribution in [-0.2, 0) is 0 Å². The molecule has 0 unspecified atom stereocenters. The molecular weight excluding hydrogens is 562 g/mol. The van der Waals surface area contributed by atoms with Crippen molar-refractivity contribution < 1.29 is 8.83 Å². The molecule has 3 nitrogen and oxygen atoms in total. The smallest absolute Gasteiger partial charge is 0.136 e. The molecule has 0 aliphatic carbocycles. The monoisotopic (exact) mass is 587 g/mol. The van der Waals surface area contributed by atoms with E-state index >= 15 is 0 Å². The van der Waals surface area contributed by atoms with Crippen LogP contribution >= 0.6 is 0 Å². The lowest BCUT2D eigenvalue weighted by Gasteiger charge is -2.13. The van der Waals surface area contributed by atoms with Gasteiger partial charge in [0.25, 0.3) is 0 Å². The molecule has 0 saturated heterocycles. The number of hydrogen-bond acceptors (Lipinski definition) is 3. The van der Waals surface area contributed by atoms with Gasteiger partial charge in [0.2, 0.25) is 0 Å². The van der Waals surface area contributed by atoms with E-state index in [0.29, 0.717) is 5.56 Å². The Kier molecular flexibility index (Phi) is 5.88. The largest absolute Gasteiger partial charge is 0.456 e. The van der Waals surface area contributed by atoms with E-state index in [0.717, 1.165) is 88.4 Å². The van der Waals surface area contributed by atoms with E-state index < -0.39 is 0 Å². The van der Waals surface area contributed by atoms with Crippen molar-refractivity contribution in [3.8, 4) is 50.6 Å². The van der Waals surface area contributed by atoms with E-state index in [1.807, 2.05) is 60.7 Å². The van der Waals surface area contributed by atoms with E-state index in [-0.39, 0.29) is 0 Å². The Labute approximate surface area is 265 Å². The summed E-state index contributed by atoms with van der Waals surface area (Å²) >= 11 is 0. The molecule has 2 heterocycles. The van der Waals surface area contributed by atoms with Gasteiger partial charge in [-0.05, 0) is 105 Å². The second-order valence-electron chi connectivity index (χ2n) is 11.6. The van der Waals surface area contributed by atoms with Crippen molar-refractivity contribution in [1.82, 2.24) is 0 Å². The molecule has 9 aromatic rings. The van der Waals surface area contributed by atoms with Crippen LogP contribution in [-0.4, -0.2) is 0 Å². The predicted molar refractivity (Wildman–Crippen MR) is 187 cm³/mol. The molecule has 0 aliphatic rings. The molecule has 0 saturated carbocycles. The Balaban J connectivity index is 1.28.